The maximum absolute atomic E-state index is 12.9. The van der Waals surface area contributed by atoms with Crippen LogP contribution in [0, 0.1) is 23.7 Å². The van der Waals surface area contributed by atoms with Crippen molar-refractivity contribution >= 4 is 0 Å². The van der Waals surface area contributed by atoms with E-state index in [-0.39, 0.29) is 0 Å². The number of alkyl halides is 3. The molecule has 1 unspecified atom stereocenters. The molecule has 3 heteroatoms. The molecule has 2 rings (SSSR count). The summed E-state index contributed by atoms with van der Waals surface area (Å²) in [5.74, 6) is 1.52. The summed E-state index contributed by atoms with van der Waals surface area (Å²) >= 11 is 0. The van der Waals surface area contributed by atoms with Crippen LogP contribution in [0.1, 0.15) is 96.8 Å². The summed E-state index contributed by atoms with van der Waals surface area (Å²) < 4.78 is 38.8. The van der Waals surface area contributed by atoms with Crippen molar-refractivity contribution in [2.24, 2.45) is 23.7 Å². The predicted octanol–water partition coefficient (Wildman–Crippen LogP) is 7.52. The summed E-state index contributed by atoms with van der Waals surface area (Å²) in [7, 11) is 0. The third-order valence-electron chi connectivity index (χ3n) is 6.47. The van der Waals surface area contributed by atoms with Crippen molar-refractivity contribution in [3.63, 3.8) is 0 Å². The first-order valence-corrected chi connectivity index (χ1v) is 10.1. The van der Waals surface area contributed by atoms with Crippen molar-refractivity contribution in [1.82, 2.24) is 0 Å². The summed E-state index contributed by atoms with van der Waals surface area (Å²) in [4.78, 5) is 0. The number of rotatable bonds is 7. The van der Waals surface area contributed by atoms with Gasteiger partial charge in [-0.3, -0.25) is 0 Å². The number of halogens is 3. The summed E-state index contributed by atoms with van der Waals surface area (Å²) in [6, 6.07) is 0. The van der Waals surface area contributed by atoms with E-state index in [0.717, 1.165) is 24.7 Å². The molecule has 0 aliphatic heterocycles. The fourth-order valence-corrected chi connectivity index (χ4v) is 5.03. The van der Waals surface area contributed by atoms with Gasteiger partial charge >= 0.3 is 6.18 Å². The Morgan fingerprint density at radius 2 is 1.43 bits per heavy atom. The molecule has 0 spiro atoms. The summed E-state index contributed by atoms with van der Waals surface area (Å²) in [5, 5.41) is 0. The van der Waals surface area contributed by atoms with Crippen LogP contribution in [0.15, 0.2) is 0 Å². The standard InChI is InChI=1S/C20H35F3/c1-2-7-19(20(21,22)23)11-6-8-16-12-14-18(15-13-16)17-9-4-3-5-10-17/h16-19H,2-15H2,1H3/t16-,18-,19?. The van der Waals surface area contributed by atoms with E-state index >= 15 is 0 Å². The van der Waals surface area contributed by atoms with Gasteiger partial charge in [-0.15, -0.1) is 0 Å². The highest BCUT2D eigenvalue weighted by Crippen LogP contribution is 2.41. The lowest BCUT2D eigenvalue weighted by atomic mass is 9.70. The zero-order chi connectivity index (χ0) is 16.7. The van der Waals surface area contributed by atoms with Crippen molar-refractivity contribution in [3.05, 3.63) is 0 Å². The number of hydrogen-bond donors (Lipinski definition) is 0. The van der Waals surface area contributed by atoms with Crippen LogP contribution in [0.3, 0.4) is 0 Å². The van der Waals surface area contributed by atoms with E-state index in [1.54, 1.807) is 0 Å². The minimum Gasteiger partial charge on any atom is -0.171 e. The van der Waals surface area contributed by atoms with E-state index in [1.165, 1.54) is 57.8 Å². The van der Waals surface area contributed by atoms with Gasteiger partial charge in [0.05, 0.1) is 5.92 Å². The molecule has 2 aliphatic carbocycles. The Morgan fingerprint density at radius 1 is 0.826 bits per heavy atom. The molecule has 1 atom stereocenters. The molecule has 2 aliphatic rings. The van der Waals surface area contributed by atoms with Crippen molar-refractivity contribution in [3.8, 4) is 0 Å². The first-order valence-electron chi connectivity index (χ1n) is 10.1. The lowest BCUT2D eigenvalue weighted by Gasteiger charge is -2.36. The maximum Gasteiger partial charge on any atom is 0.391 e. The third-order valence-corrected chi connectivity index (χ3v) is 6.47. The Bertz CT molecular complexity index is 309. The lowest BCUT2D eigenvalue weighted by molar-refractivity contribution is -0.178. The van der Waals surface area contributed by atoms with Gasteiger partial charge in [-0.2, -0.15) is 13.2 Å². The molecule has 0 aromatic rings. The van der Waals surface area contributed by atoms with Crippen LogP contribution in [0.5, 0.6) is 0 Å². The van der Waals surface area contributed by atoms with Crippen molar-refractivity contribution in [2.45, 2.75) is 103 Å². The van der Waals surface area contributed by atoms with Gasteiger partial charge in [-0.05, 0) is 43.4 Å². The Morgan fingerprint density at radius 3 is 2.00 bits per heavy atom. The average Bonchev–Trinajstić information content (AvgIpc) is 2.54. The molecule has 0 aromatic heterocycles. The molecule has 0 nitrogen and oxygen atoms in total. The largest absolute Gasteiger partial charge is 0.391 e. The molecule has 0 heterocycles. The highest BCUT2D eigenvalue weighted by molar-refractivity contribution is 4.80. The molecule has 2 fully saturated rings. The molecule has 0 saturated heterocycles. The van der Waals surface area contributed by atoms with Gasteiger partial charge in [0.2, 0.25) is 0 Å². The van der Waals surface area contributed by atoms with Crippen LogP contribution in [-0.2, 0) is 0 Å². The van der Waals surface area contributed by atoms with Crippen LogP contribution < -0.4 is 0 Å². The summed E-state index contributed by atoms with van der Waals surface area (Å²) in [6.07, 6.45) is 11.4. The molecule has 2 saturated carbocycles. The Hall–Kier alpha value is -0.210. The quantitative estimate of drug-likeness (QED) is 0.452. The predicted molar refractivity (Wildman–Crippen MR) is 90.3 cm³/mol. The van der Waals surface area contributed by atoms with E-state index in [9.17, 15) is 13.2 Å². The van der Waals surface area contributed by atoms with E-state index in [1.807, 2.05) is 6.92 Å². The van der Waals surface area contributed by atoms with E-state index in [0.29, 0.717) is 25.2 Å². The van der Waals surface area contributed by atoms with Gasteiger partial charge < -0.3 is 0 Å². The van der Waals surface area contributed by atoms with Gasteiger partial charge in [0, 0.05) is 0 Å². The average molecular weight is 332 g/mol. The van der Waals surface area contributed by atoms with E-state index < -0.39 is 12.1 Å². The van der Waals surface area contributed by atoms with Crippen LogP contribution in [-0.4, -0.2) is 6.18 Å². The van der Waals surface area contributed by atoms with E-state index in [2.05, 4.69) is 0 Å². The molecule has 136 valence electrons. The monoisotopic (exact) mass is 332 g/mol. The fraction of sp³-hybridized carbons (Fsp3) is 1.00. The highest BCUT2D eigenvalue weighted by Gasteiger charge is 2.38. The molecule has 0 aromatic carbocycles. The van der Waals surface area contributed by atoms with Crippen molar-refractivity contribution < 1.29 is 13.2 Å². The van der Waals surface area contributed by atoms with Gasteiger partial charge in [0.25, 0.3) is 0 Å². The van der Waals surface area contributed by atoms with Crippen LogP contribution >= 0.6 is 0 Å². The zero-order valence-corrected chi connectivity index (χ0v) is 14.8. The summed E-state index contributed by atoms with van der Waals surface area (Å²) in [6.45, 7) is 1.85. The molecule has 0 radical (unpaired) electrons. The molecule has 0 bridgehead atoms. The molecule has 0 N–H and O–H groups in total. The van der Waals surface area contributed by atoms with Crippen molar-refractivity contribution in [1.29, 1.82) is 0 Å². The topological polar surface area (TPSA) is 0 Å². The third kappa shape index (κ3) is 6.31. The first kappa shape index (κ1) is 19.1. The molecule has 23 heavy (non-hydrogen) atoms. The SMILES string of the molecule is CCCC(CCC[C@H]1CC[C@H](C2CCCCC2)CC1)C(F)(F)F. The Labute approximate surface area is 140 Å². The Kier molecular flexibility index (Phi) is 7.75. The highest BCUT2D eigenvalue weighted by atomic mass is 19.4. The Balaban J connectivity index is 1.64. The second-order valence-corrected chi connectivity index (χ2v) is 8.14. The van der Waals surface area contributed by atoms with Gasteiger partial charge in [-0.25, -0.2) is 0 Å². The van der Waals surface area contributed by atoms with Gasteiger partial charge in [-0.1, -0.05) is 71.1 Å². The fourth-order valence-electron chi connectivity index (χ4n) is 5.03. The van der Waals surface area contributed by atoms with Crippen LogP contribution in [0.4, 0.5) is 13.2 Å². The zero-order valence-electron chi connectivity index (χ0n) is 14.8. The number of hydrogen-bond acceptors (Lipinski definition) is 0. The van der Waals surface area contributed by atoms with Crippen molar-refractivity contribution in [2.75, 3.05) is 0 Å². The maximum atomic E-state index is 12.9. The van der Waals surface area contributed by atoms with Gasteiger partial charge in [0.15, 0.2) is 0 Å². The molecular weight excluding hydrogens is 297 g/mol. The lowest BCUT2D eigenvalue weighted by Crippen LogP contribution is -2.24. The molecule has 0 amide bonds. The van der Waals surface area contributed by atoms with Gasteiger partial charge in [0.1, 0.15) is 0 Å². The second kappa shape index (κ2) is 9.32. The minimum atomic E-state index is -3.99. The second-order valence-electron chi connectivity index (χ2n) is 8.14. The van der Waals surface area contributed by atoms with Crippen LogP contribution in [0.2, 0.25) is 0 Å². The van der Waals surface area contributed by atoms with Crippen LogP contribution in [0.25, 0.3) is 0 Å². The smallest absolute Gasteiger partial charge is 0.171 e. The normalized spacial score (nSPS) is 28.7. The molecular formula is C20H35F3. The van der Waals surface area contributed by atoms with E-state index in [4.69, 9.17) is 0 Å². The first-order chi connectivity index (χ1) is 11.0. The summed E-state index contributed by atoms with van der Waals surface area (Å²) in [5.41, 5.74) is 0. The minimum absolute atomic E-state index is 0.303.